The summed E-state index contributed by atoms with van der Waals surface area (Å²) in [5, 5.41) is 12.4. The minimum atomic E-state index is 0.661. The molecule has 0 fully saturated rings. The van der Waals surface area contributed by atoms with E-state index in [4.69, 9.17) is 0 Å². The van der Waals surface area contributed by atoms with Crippen molar-refractivity contribution in [3.8, 4) is 6.07 Å². The Morgan fingerprint density at radius 3 is 2.86 bits per heavy atom. The standard InChI is InChI=1S/C16H12BrN3S/c1-20(9-11-6-15(17)21-10-11)16-7-12(8-18)13-4-2-3-5-14(13)19-16/h2-7,10H,9H2,1H3. The van der Waals surface area contributed by atoms with E-state index >= 15 is 0 Å². The lowest BCUT2D eigenvalue weighted by atomic mass is 10.1. The van der Waals surface area contributed by atoms with Gasteiger partial charge in [-0.15, -0.1) is 11.3 Å². The second-order valence-electron chi connectivity index (χ2n) is 4.77. The Bertz CT molecular complexity index is 835. The van der Waals surface area contributed by atoms with Crippen molar-refractivity contribution in [2.45, 2.75) is 6.54 Å². The molecule has 2 aromatic heterocycles. The van der Waals surface area contributed by atoms with E-state index in [0.29, 0.717) is 5.56 Å². The van der Waals surface area contributed by atoms with Gasteiger partial charge in [0.05, 0.1) is 20.9 Å². The summed E-state index contributed by atoms with van der Waals surface area (Å²) >= 11 is 5.14. The fourth-order valence-corrected chi connectivity index (χ4v) is 3.43. The lowest BCUT2D eigenvalue weighted by molar-refractivity contribution is 0.906. The molecule has 0 radical (unpaired) electrons. The van der Waals surface area contributed by atoms with Crippen molar-refractivity contribution < 1.29 is 0 Å². The van der Waals surface area contributed by atoms with E-state index in [0.717, 1.165) is 27.1 Å². The van der Waals surface area contributed by atoms with Crippen LogP contribution in [-0.4, -0.2) is 12.0 Å². The molecule has 21 heavy (non-hydrogen) atoms. The number of thiophene rings is 1. The monoisotopic (exact) mass is 357 g/mol. The smallest absolute Gasteiger partial charge is 0.130 e. The van der Waals surface area contributed by atoms with Gasteiger partial charge in [0, 0.05) is 19.0 Å². The fourth-order valence-electron chi connectivity index (χ4n) is 2.23. The molecular weight excluding hydrogens is 346 g/mol. The fraction of sp³-hybridized carbons (Fsp3) is 0.125. The van der Waals surface area contributed by atoms with Gasteiger partial charge in [-0.2, -0.15) is 5.26 Å². The van der Waals surface area contributed by atoms with Crippen LogP contribution in [0.25, 0.3) is 10.9 Å². The molecule has 0 aliphatic carbocycles. The molecule has 0 spiro atoms. The number of aromatic nitrogens is 1. The zero-order valence-electron chi connectivity index (χ0n) is 11.4. The van der Waals surface area contributed by atoms with Crippen LogP contribution in [-0.2, 0) is 6.54 Å². The molecule has 104 valence electrons. The molecule has 0 aliphatic rings. The van der Waals surface area contributed by atoms with Gasteiger partial charge >= 0.3 is 0 Å². The average Bonchev–Trinajstić information content (AvgIpc) is 2.91. The molecule has 2 heterocycles. The first kappa shape index (κ1) is 14.1. The van der Waals surface area contributed by atoms with Gasteiger partial charge in [0.15, 0.2) is 0 Å². The first-order chi connectivity index (χ1) is 10.2. The molecule has 3 rings (SSSR count). The van der Waals surface area contributed by atoms with E-state index in [1.807, 2.05) is 37.4 Å². The largest absolute Gasteiger partial charge is 0.355 e. The van der Waals surface area contributed by atoms with Crippen LogP contribution in [0.3, 0.4) is 0 Å². The number of para-hydroxylation sites is 1. The topological polar surface area (TPSA) is 39.9 Å². The lowest BCUT2D eigenvalue weighted by Gasteiger charge is -2.18. The second-order valence-corrected chi connectivity index (χ2v) is 7.06. The third-order valence-electron chi connectivity index (χ3n) is 3.26. The first-order valence-electron chi connectivity index (χ1n) is 6.41. The summed E-state index contributed by atoms with van der Waals surface area (Å²) in [6, 6.07) is 14.0. The summed E-state index contributed by atoms with van der Waals surface area (Å²) in [6.07, 6.45) is 0. The number of nitriles is 1. The number of benzene rings is 1. The van der Waals surface area contributed by atoms with Crippen LogP contribution in [0.4, 0.5) is 5.82 Å². The lowest BCUT2D eigenvalue weighted by Crippen LogP contribution is -2.17. The van der Waals surface area contributed by atoms with E-state index in [2.05, 4.69) is 43.3 Å². The molecule has 1 aromatic carbocycles. The van der Waals surface area contributed by atoms with E-state index in [-0.39, 0.29) is 0 Å². The number of hydrogen-bond donors (Lipinski definition) is 0. The summed E-state index contributed by atoms with van der Waals surface area (Å²) in [5.74, 6) is 0.813. The van der Waals surface area contributed by atoms with Crippen LogP contribution < -0.4 is 4.90 Å². The zero-order chi connectivity index (χ0) is 14.8. The van der Waals surface area contributed by atoms with Crippen LogP contribution in [0, 0.1) is 11.3 Å². The number of nitrogens with zero attached hydrogens (tertiary/aromatic N) is 3. The summed E-state index contributed by atoms with van der Waals surface area (Å²) in [7, 11) is 1.99. The Labute approximate surface area is 135 Å². The second kappa shape index (κ2) is 5.84. The number of halogens is 1. The summed E-state index contributed by atoms with van der Waals surface area (Å²) in [4.78, 5) is 6.71. The molecule has 0 atom stereocenters. The van der Waals surface area contributed by atoms with E-state index in [1.165, 1.54) is 5.56 Å². The van der Waals surface area contributed by atoms with Gasteiger partial charge in [0.1, 0.15) is 5.82 Å². The summed E-state index contributed by atoms with van der Waals surface area (Å²) in [5.41, 5.74) is 2.74. The Morgan fingerprint density at radius 2 is 2.14 bits per heavy atom. The molecule has 0 saturated heterocycles. The van der Waals surface area contributed by atoms with Crippen molar-refractivity contribution in [1.82, 2.24) is 4.98 Å². The van der Waals surface area contributed by atoms with Crippen molar-refractivity contribution in [1.29, 1.82) is 5.26 Å². The normalized spacial score (nSPS) is 10.5. The highest BCUT2D eigenvalue weighted by atomic mass is 79.9. The minimum absolute atomic E-state index is 0.661. The third-order valence-corrected chi connectivity index (χ3v) is 4.81. The van der Waals surface area contributed by atoms with Gasteiger partial charge < -0.3 is 4.90 Å². The SMILES string of the molecule is CN(Cc1csc(Br)c1)c1cc(C#N)c2ccccc2n1. The summed E-state index contributed by atoms with van der Waals surface area (Å²) < 4.78 is 1.12. The number of rotatable bonds is 3. The highest BCUT2D eigenvalue weighted by Crippen LogP contribution is 2.25. The quantitative estimate of drug-likeness (QED) is 0.689. The number of pyridine rings is 1. The maximum absolute atomic E-state index is 9.33. The van der Waals surface area contributed by atoms with Crippen LogP contribution >= 0.6 is 27.3 Å². The minimum Gasteiger partial charge on any atom is -0.355 e. The maximum atomic E-state index is 9.33. The third kappa shape index (κ3) is 2.92. The van der Waals surface area contributed by atoms with Crippen molar-refractivity contribution >= 4 is 44.0 Å². The van der Waals surface area contributed by atoms with Crippen LogP contribution in [0.2, 0.25) is 0 Å². The van der Waals surface area contributed by atoms with E-state index in [1.54, 1.807) is 11.3 Å². The highest BCUT2D eigenvalue weighted by molar-refractivity contribution is 9.11. The van der Waals surface area contributed by atoms with Crippen LogP contribution in [0.15, 0.2) is 45.6 Å². The predicted molar refractivity (Wildman–Crippen MR) is 90.6 cm³/mol. The number of hydrogen-bond acceptors (Lipinski definition) is 4. The van der Waals surface area contributed by atoms with E-state index in [9.17, 15) is 5.26 Å². The molecule has 3 aromatic rings. The van der Waals surface area contributed by atoms with Crippen molar-refractivity contribution in [2.24, 2.45) is 0 Å². The van der Waals surface area contributed by atoms with Gasteiger partial charge in [-0.25, -0.2) is 4.98 Å². The first-order valence-corrected chi connectivity index (χ1v) is 8.08. The van der Waals surface area contributed by atoms with Crippen molar-refractivity contribution in [3.05, 3.63) is 56.7 Å². The molecule has 0 aliphatic heterocycles. The molecular formula is C16H12BrN3S. The molecule has 0 unspecified atom stereocenters. The Hall–Kier alpha value is -1.90. The molecule has 0 bridgehead atoms. The molecule has 0 amide bonds. The van der Waals surface area contributed by atoms with Gasteiger partial charge in [0.2, 0.25) is 0 Å². The maximum Gasteiger partial charge on any atom is 0.130 e. The highest BCUT2D eigenvalue weighted by Gasteiger charge is 2.10. The van der Waals surface area contributed by atoms with Gasteiger partial charge in [0.25, 0.3) is 0 Å². The van der Waals surface area contributed by atoms with Crippen molar-refractivity contribution in [3.63, 3.8) is 0 Å². The predicted octanol–water partition coefficient (Wildman–Crippen LogP) is 4.57. The molecule has 0 N–H and O–H groups in total. The molecule has 5 heteroatoms. The summed E-state index contributed by atoms with van der Waals surface area (Å²) in [6.45, 7) is 0.762. The Morgan fingerprint density at radius 1 is 1.33 bits per heavy atom. The zero-order valence-corrected chi connectivity index (χ0v) is 13.8. The molecule has 3 nitrogen and oxygen atoms in total. The van der Waals surface area contributed by atoms with E-state index < -0.39 is 0 Å². The van der Waals surface area contributed by atoms with Gasteiger partial charge in [-0.05, 0) is 45.1 Å². The Balaban J connectivity index is 1.98. The van der Waals surface area contributed by atoms with Crippen LogP contribution in [0.1, 0.15) is 11.1 Å². The van der Waals surface area contributed by atoms with Crippen LogP contribution in [0.5, 0.6) is 0 Å². The average molecular weight is 358 g/mol. The number of anilines is 1. The number of fused-ring (bicyclic) bond motifs is 1. The van der Waals surface area contributed by atoms with Crippen molar-refractivity contribution in [2.75, 3.05) is 11.9 Å². The van der Waals surface area contributed by atoms with Gasteiger partial charge in [-0.1, -0.05) is 18.2 Å². The molecule has 0 saturated carbocycles. The Kier molecular flexibility index (Phi) is 3.91. The van der Waals surface area contributed by atoms with Gasteiger partial charge in [-0.3, -0.25) is 0 Å².